The van der Waals surface area contributed by atoms with Gasteiger partial charge in [0.05, 0.1) is 31.6 Å². The molecule has 0 aliphatic heterocycles. The highest BCUT2D eigenvalue weighted by Gasteiger charge is 2.39. The number of ether oxygens (including phenoxy) is 1. The van der Waals surface area contributed by atoms with Gasteiger partial charge in [-0.25, -0.2) is 9.50 Å². The molecular weight excluding hydrogens is 543 g/mol. The molecule has 3 aromatic heterocycles. The third-order valence-electron chi connectivity index (χ3n) is 6.90. The summed E-state index contributed by atoms with van der Waals surface area (Å²) in [5, 5.41) is 15.9. The van der Waals surface area contributed by atoms with Crippen molar-refractivity contribution >= 4 is 22.9 Å². The molecule has 40 heavy (non-hydrogen) atoms. The predicted octanol–water partition coefficient (Wildman–Crippen LogP) is 5.31. The number of aromatic nitrogens is 3. The number of hydrogen-bond acceptors (Lipinski definition) is 7. The molecule has 3 heterocycles. The topological polar surface area (TPSA) is 83.2 Å². The molecule has 0 fully saturated rings. The minimum Gasteiger partial charge on any atom is -0.497 e. The lowest BCUT2D eigenvalue weighted by Gasteiger charge is -2.31. The van der Waals surface area contributed by atoms with Gasteiger partial charge < -0.3 is 14.7 Å². The molecule has 4 rings (SSSR count). The quantitative estimate of drug-likeness (QED) is 0.276. The second-order valence-electron chi connectivity index (χ2n) is 9.74. The molecule has 0 spiro atoms. The van der Waals surface area contributed by atoms with Crippen LogP contribution in [0.3, 0.4) is 0 Å². The standard InChI is InChI=1S/C28H32F3N5O3S/c1-17(2)35(13-12-34(4)22(16-37)23-7-6-14-40-23)27(38)21-15-32-36-25(28(29,30)31)18(3)24(33-26(21)36)19-8-10-20(39-5)11-9-19/h6-11,14-15,17,22,37H,12-13,16H2,1-5H3. The van der Waals surface area contributed by atoms with E-state index < -0.39 is 17.8 Å². The van der Waals surface area contributed by atoms with E-state index in [1.54, 1.807) is 29.2 Å². The van der Waals surface area contributed by atoms with E-state index in [9.17, 15) is 23.1 Å². The van der Waals surface area contributed by atoms with E-state index >= 15 is 0 Å². The number of methoxy groups -OCH3 is 1. The van der Waals surface area contributed by atoms with Gasteiger partial charge in [0.25, 0.3) is 5.91 Å². The smallest absolute Gasteiger partial charge is 0.433 e. The highest BCUT2D eigenvalue weighted by atomic mass is 32.1. The minimum atomic E-state index is -4.74. The van der Waals surface area contributed by atoms with Crippen LogP contribution in [0.25, 0.3) is 16.9 Å². The van der Waals surface area contributed by atoms with Crippen molar-refractivity contribution in [1.29, 1.82) is 0 Å². The lowest BCUT2D eigenvalue weighted by atomic mass is 10.0. The van der Waals surface area contributed by atoms with Crippen molar-refractivity contribution in [3.63, 3.8) is 0 Å². The monoisotopic (exact) mass is 575 g/mol. The maximum atomic E-state index is 14.3. The molecule has 0 saturated heterocycles. The van der Waals surface area contributed by atoms with Gasteiger partial charge in [-0.1, -0.05) is 6.07 Å². The lowest BCUT2D eigenvalue weighted by molar-refractivity contribution is -0.143. The largest absolute Gasteiger partial charge is 0.497 e. The van der Waals surface area contributed by atoms with Gasteiger partial charge in [-0.2, -0.15) is 18.3 Å². The van der Waals surface area contributed by atoms with Gasteiger partial charge in [-0.15, -0.1) is 11.3 Å². The molecule has 0 aliphatic carbocycles. The van der Waals surface area contributed by atoms with Crippen LogP contribution in [0.5, 0.6) is 5.75 Å². The van der Waals surface area contributed by atoms with Crippen molar-refractivity contribution in [2.45, 2.75) is 39.0 Å². The Balaban J connectivity index is 1.72. The Morgan fingerprint density at radius 1 is 1.18 bits per heavy atom. The zero-order valence-electron chi connectivity index (χ0n) is 22.9. The zero-order valence-corrected chi connectivity index (χ0v) is 23.8. The van der Waals surface area contributed by atoms with Crippen LogP contribution in [0, 0.1) is 6.92 Å². The first-order chi connectivity index (χ1) is 19.0. The minimum absolute atomic E-state index is 0.0198. The van der Waals surface area contributed by atoms with Crippen LogP contribution in [-0.2, 0) is 6.18 Å². The zero-order chi connectivity index (χ0) is 29.2. The Labute approximate surface area is 234 Å². The SMILES string of the molecule is COc1ccc(-c2nc3c(C(=O)N(CCN(C)C(CO)c4cccs4)C(C)C)cnn3c(C(F)(F)F)c2C)cc1. The van der Waals surface area contributed by atoms with Crippen molar-refractivity contribution < 1.29 is 27.8 Å². The van der Waals surface area contributed by atoms with Gasteiger partial charge >= 0.3 is 6.18 Å². The fourth-order valence-electron chi connectivity index (χ4n) is 4.69. The fraction of sp³-hybridized carbons (Fsp3) is 0.393. The molecule has 214 valence electrons. The van der Waals surface area contributed by atoms with Crippen LogP contribution >= 0.6 is 11.3 Å². The molecule has 0 bridgehead atoms. The van der Waals surface area contributed by atoms with Gasteiger partial charge in [0.1, 0.15) is 11.3 Å². The third kappa shape index (κ3) is 5.84. The van der Waals surface area contributed by atoms with Crippen molar-refractivity contribution in [2.24, 2.45) is 0 Å². The van der Waals surface area contributed by atoms with E-state index in [0.29, 0.717) is 22.4 Å². The number of likely N-dealkylation sites (N-methyl/N-ethyl adjacent to an activating group) is 1. The second kappa shape index (κ2) is 11.9. The summed E-state index contributed by atoms with van der Waals surface area (Å²) in [7, 11) is 3.36. The van der Waals surface area contributed by atoms with E-state index in [1.807, 2.05) is 43.3 Å². The number of fused-ring (bicyclic) bond motifs is 1. The molecule has 1 amide bonds. The molecular formula is C28H32F3N5O3S. The third-order valence-corrected chi connectivity index (χ3v) is 7.87. The normalized spacial score (nSPS) is 12.9. The average Bonchev–Trinajstić information content (AvgIpc) is 3.58. The van der Waals surface area contributed by atoms with Crippen molar-refractivity contribution in [3.8, 4) is 17.0 Å². The number of aliphatic hydroxyl groups excluding tert-OH is 1. The van der Waals surface area contributed by atoms with Crippen LogP contribution in [0.1, 0.15) is 46.4 Å². The number of thiophene rings is 1. The molecule has 0 radical (unpaired) electrons. The van der Waals surface area contributed by atoms with Crippen molar-refractivity contribution in [1.82, 2.24) is 24.4 Å². The Kier molecular flexibility index (Phi) is 8.81. The van der Waals surface area contributed by atoms with E-state index in [-0.39, 0.29) is 47.7 Å². The Morgan fingerprint density at radius 3 is 2.42 bits per heavy atom. The summed E-state index contributed by atoms with van der Waals surface area (Å²) in [5.74, 6) is 0.0824. The van der Waals surface area contributed by atoms with Crippen molar-refractivity contribution in [3.05, 3.63) is 69.7 Å². The summed E-state index contributed by atoms with van der Waals surface area (Å²) in [6, 6.07) is 9.92. The number of amides is 1. The van der Waals surface area contributed by atoms with Crippen LogP contribution in [0.4, 0.5) is 13.2 Å². The number of aliphatic hydroxyl groups is 1. The number of alkyl halides is 3. The highest BCUT2D eigenvalue weighted by Crippen LogP contribution is 2.37. The molecule has 12 heteroatoms. The number of hydrogen-bond donors (Lipinski definition) is 1. The second-order valence-corrected chi connectivity index (χ2v) is 10.7. The summed E-state index contributed by atoms with van der Waals surface area (Å²) in [5.41, 5.74) is -0.710. The molecule has 0 aliphatic rings. The van der Waals surface area contributed by atoms with E-state index in [4.69, 9.17) is 4.74 Å². The molecule has 0 saturated carbocycles. The summed E-state index contributed by atoms with van der Waals surface area (Å²) in [6.45, 7) is 5.67. The molecule has 1 N–H and O–H groups in total. The number of rotatable bonds is 10. The molecule has 8 nitrogen and oxygen atoms in total. The number of nitrogens with zero attached hydrogens (tertiary/aromatic N) is 5. The van der Waals surface area contributed by atoms with Gasteiger partial charge in [-0.3, -0.25) is 9.69 Å². The van der Waals surface area contributed by atoms with Crippen LogP contribution < -0.4 is 4.74 Å². The van der Waals surface area contributed by atoms with Crippen LogP contribution in [-0.4, -0.2) is 75.3 Å². The number of carbonyl (C=O) groups excluding carboxylic acids is 1. The number of halogens is 3. The predicted molar refractivity (Wildman–Crippen MR) is 148 cm³/mol. The van der Waals surface area contributed by atoms with E-state index in [2.05, 4.69) is 10.1 Å². The summed E-state index contributed by atoms with van der Waals surface area (Å²) in [4.78, 5) is 22.9. The Morgan fingerprint density at radius 2 is 1.88 bits per heavy atom. The number of carbonyl (C=O) groups is 1. The van der Waals surface area contributed by atoms with Crippen LogP contribution in [0.2, 0.25) is 0 Å². The summed E-state index contributed by atoms with van der Waals surface area (Å²) >= 11 is 1.54. The van der Waals surface area contributed by atoms with Gasteiger partial charge in [-0.05, 0) is 63.5 Å². The molecule has 1 unspecified atom stereocenters. The van der Waals surface area contributed by atoms with Gasteiger partial charge in [0.15, 0.2) is 11.3 Å². The van der Waals surface area contributed by atoms with E-state index in [0.717, 1.165) is 11.1 Å². The number of benzene rings is 1. The summed E-state index contributed by atoms with van der Waals surface area (Å²) in [6.07, 6.45) is -3.58. The Bertz CT molecular complexity index is 1450. The first-order valence-corrected chi connectivity index (χ1v) is 13.6. The maximum absolute atomic E-state index is 14.3. The summed E-state index contributed by atoms with van der Waals surface area (Å²) < 4.78 is 48.8. The maximum Gasteiger partial charge on any atom is 0.433 e. The molecule has 1 aromatic carbocycles. The van der Waals surface area contributed by atoms with Crippen molar-refractivity contribution in [2.75, 3.05) is 33.9 Å². The first kappa shape index (κ1) is 29.5. The lowest BCUT2D eigenvalue weighted by Crippen LogP contribution is -2.42. The van der Waals surface area contributed by atoms with Gasteiger partial charge in [0, 0.05) is 35.1 Å². The molecule has 1 atom stereocenters. The molecule has 4 aromatic rings. The highest BCUT2D eigenvalue weighted by molar-refractivity contribution is 7.10. The average molecular weight is 576 g/mol. The first-order valence-electron chi connectivity index (χ1n) is 12.7. The Hall–Kier alpha value is -3.48. The fourth-order valence-corrected chi connectivity index (χ4v) is 5.57. The van der Waals surface area contributed by atoms with E-state index in [1.165, 1.54) is 25.4 Å². The van der Waals surface area contributed by atoms with Gasteiger partial charge in [0.2, 0.25) is 0 Å². The van der Waals surface area contributed by atoms with Crippen LogP contribution in [0.15, 0.2) is 48.0 Å².